The molecular weight excluding hydrogens is 268 g/mol. The molecule has 1 unspecified atom stereocenters. The quantitative estimate of drug-likeness (QED) is 0.605. The van der Waals surface area contributed by atoms with E-state index in [1.54, 1.807) is 10.8 Å². The molecule has 0 saturated heterocycles. The van der Waals surface area contributed by atoms with Gasteiger partial charge < -0.3 is 0 Å². The predicted molar refractivity (Wildman–Crippen MR) is 97.7 cm³/mol. The summed E-state index contributed by atoms with van der Waals surface area (Å²) in [5.41, 5.74) is 7.43. The van der Waals surface area contributed by atoms with Crippen molar-refractivity contribution in [1.82, 2.24) is 0 Å². The van der Waals surface area contributed by atoms with E-state index in [1.165, 1.54) is 35.1 Å². The third-order valence-electron chi connectivity index (χ3n) is 4.88. The lowest BCUT2D eigenvalue weighted by atomic mass is 9.89. The van der Waals surface area contributed by atoms with Gasteiger partial charge in [0.15, 0.2) is 0 Å². The summed E-state index contributed by atoms with van der Waals surface area (Å²) in [6, 6.07) is 4.73. The zero-order valence-corrected chi connectivity index (χ0v) is 15.8. The Morgan fingerprint density at radius 3 is 2.19 bits per heavy atom. The molecule has 1 aliphatic carbocycles. The molecule has 0 heterocycles. The molecule has 0 spiro atoms. The van der Waals surface area contributed by atoms with E-state index < -0.39 is 8.07 Å². The van der Waals surface area contributed by atoms with E-state index in [0.717, 1.165) is 0 Å². The monoisotopic (exact) mass is 298 g/mol. The standard InChI is InChI=1S/C20H30Si/c1-14-10-16(3)19(11-15(14)2)12-17(4)18-8-9-20(13-18)21(5,6)7/h9-11,13,17H,8,12H2,1-7H3. The molecule has 0 fully saturated rings. The molecule has 114 valence electrons. The lowest BCUT2D eigenvalue weighted by Crippen LogP contribution is -2.21. The molecule has 2 rings (SSSR count). The number of aryl methyl sites for hydroxylation is 3. The van der Waals surface area contributed by atoms with Crippen LogP contribution in [0.1, 0.15) is 35.6 Å². The summed E-state index contributed by atoms with van der Waals surface area (Å²) in [4.78, 5) is 0. The Morgan fingerprint density at radius 1 is 1.00 bits per heavy atom. The molecule has 21 heavy (non-hydrogen) atoms. The van der Waals surface area contributed by atoms with Crippen LogP contribution in [0.3, 0.4) is 0 Å². The molecule has 0 saturated carbocycles. The Bertz CT molecular complexity index is 597. The number of rotatable bonds is 4. The van der Waals surface area contributed by atoms with Gasteiger partial charge in [0.25, 0.3) is 0 Å². The molecule has 0 aromatic heterocycles. The van der Waals surface area contributed by atoms with Crippen molar-refractivity contribution >= 4 is 8.07 Å². The van der Waals surface area contributed by atoms with E-state index in [0.29, 0.717) is 5.92 Å². The fourth-order valence-electron chi connectivity index (χ4n) is 3.11. The van der Waals surface area contributed by atoms with Crippen molar-refractivity contribution < 1.29 is 0 Å². The second kappa shape index (κ2) is 5.96. The molecular formula is C20H30Si. The van der Waals surface area contributed by atoms with Crippen LogP contribution in [-0.4, -0.2) is 8.07 Å². The molecule has 1 aliphatic rings. The summed E-state index contributed by atoms with van der Waals surface area (Å²) >= 11 is 0. The third-order valence-corrected chi connectivity index (χ3v) is 6.96. The molecule has 0 bridgehead atoms. The van der Waals surface area contributed by atoms with Gasteiger partial charge in [-0.15, -0.1) is 0 Å². The van der Waals surface area contributed by atoms with Crippen molar-refractivity contribution in [3.05, 3.63) is 57.3 Å². The highest BCUT2D eigenvalue weighted by Crippen LogP contribution is 2.32. The molecule has 1 aromatic carbocycles. The second-order valence-electron chi connectivity index (χ2n) is 7.80. The fourth-order valence-corrected chi connectivity index (χ4v) is 4.45. The van der Waals surface area contributed by atoms with Crippen molar-refractivity contribution in [3.8, 4) is 0 Å². The minimum Gasteiger partial charge on any atom is -0.0812 e. The van der Waals surface area contributed by atoms with Crippen LogP contribution in [-0.2, 0) is 6.42 Å². The lowest BCUT2D eigenvalue weighted by Gasteiger charge is -2.18. The van der Waals surface area contributed by atoms with Gasteiger partial charge in [-0.1, -0.05) is 61.6 Å². The largest absolute Gasteiger partial charge is 0.0812 e. The van der Waals surface area contributed by atoms with E-state index >= 15 is 0 Å². The first-order valence-electron chi connectivity index (χ1n) is 8.16. The Kier molecular flexibility index (Phi) is 4.62. The first kappa shape index (κ1) is 16.3. The first-order valence-corrected chi connectivity index (χ1v) is 11.7. The highest BCUT2D eigenvalue weighted by Gasteiger charge is 2.23. The predicted octanol–water partition coefficient (Wildman–Crippen LogP) is 5.92. The highest BCUT2D eigenvalue weighted by molar-refractivity contribution is 6.83. The normalized spacial score (nSPS) is 16.7. The van der Waals surface area contributed by atoms with Gasteiger partial charge in [-0.05, 0) is 61.8 Å². The topological polar surface area (TPSA) is 0 Å². The Balaban J connectivity index is 2.14. The average Bonchev–Trinajstić information content (AvgIpc) is 2.85. The Morgan fingerprint density at radius 2 is 1.62 bits per heavy atom. The van der Waals surface area contributed by atoms with Gasteiger partial charge in [-0.3, -0.25) is 0 Å². The summed E-state index contributed by atoms with van der Waals surface area (Å²) in [7, 11) is -1.15. The lowest BCUT2D eigenvalue weighted by molar-refractivity contribution is 0.664. The summed E-state index contributed by atoms with van der Waals surface area (Å²) < 4.78 is 0. The zero-order valence-electron chi connectivity index (χ0n) is 14.8. The maximum absolute atomic E-state index is 2.51. The minimum atomic E-state index is -1.15. The van der Waals surface area contributed by atoms with Crippen LogP contribution in [0.5, 0.6) is 0 Å². The van der Waals surface area contributed by atoms with Gasteiger partial charge in [-0.25, -0.2) is 0 Å². The number of allylic oxidation sites excluding steroid dienone is 4. The maximum Gasteiger partial charge on any atom is 0.0771 e. The average molecular weight is 299 g/mol. The Hall–Kier alpha value is -1.08. The van der Waals surface area contributed by atoms with Crippen LogP contribution < -0.4 is 0 Å². The van der Waals surface area contributed by atoms with Gasteiger partial charge in [0, 0.05) is 0 Å². The van der Waals surface area contributed by atoms with Crippen molar-refractivity contribution in [1.29, 1.82) is 0 Å². The maximum atomic E-state index is 2.51. The van der Waals surface area contributed by atoms with Crippen LogP contribution in [0.4, 0.5) is 0 Å². The van der Waals surface area contributed by atoms with Gasteiger partial charge in [0.1, 0.15) is 0 Å². The van der Waals surface area contributed by atoms with Gasteiger partial charge in [-0.2, -0.15) is 0 Å². The molecule has 0 aliphatic heterocycles. The first-order chi connectivity index (χ1) is 9.68. The van der Waals surface area contributed by atoms with Crippen LogP contribution in [0.15, 0.2) is 35.1 Å². The van der Waals surface area contributed by atoms with Crippen LogP contribution in [0, 0.1) is 26.7 Å². The second-order valence-corrected chi connectivity index (χ2v) is 12.9. The molecule has 1 aromatic rings. The molecule has 0 N–H and O–H groups in total. The van der Waals surface area contributed by atoms with Crippen LogP contribution in [0.2, 0.25) is 19.6 Å². The van der Waals surface area contributed by atoms with Crippen molar-refractivity contribution in [3.63, 3.8) is 0 Å². The Labute approximate surface area is 132 Å². The van der Waals surface area contributed by atoms with E-state index in [-0.39, 0.29) is 0 Å². The summed E-state index contributed by atoms with van der Waals surface area (Å²) in [6.07, 6.45) is 7.33. The van der Waals surface area contributed by atoms with E-state index in [4.69, 9.17) is 0 Å². The SMILES string of the molecule is Cc1cc(C)c(CC(C)C2=CC([Si](C)(C)C)=CC2)cc1C. The van der Waals surface area contributed by atoms with Crippen LogP contribution in [0.25, 0.3) is 0 Å². The van der Waals surface area contributed by atoms with Gasteiger partial charge in [0.2, 0.25) is 0 Å². The summed E-state index contributed by atoms with van der Waals surface area (Å²) in [5, 5.41) is 1.64. The van der Waals surface area contributed by atoms with E-state index in [9.17, 15) is 0 Å². The smallest absolute Gasteiger partial charge is 0.0771 e. The van der Waals surface area contributed by atoms with Gasteiger partial charge >= 0.3 is 0 Å². The van der Waals surface area contributed by atoms with E-state index in [1.807, 2.05) is 0 Å². The van der Waals surface area contributed by atoms with E-state index in [2.05, 4.69) is 71.6 Å². The molecule has 0 amide bonds. The zero-order chi connectivity index (χ0) is 15.8. The molecule has 0 radical (unpaired) electrons. The minimum absolute atomic E-state index is 0.649. The van der Waals surface area contributed by atoms with Crippen molar-refractivity contribution in [2.45, 2.75) is 60.2 Å². The summed E-state index contributed by atoms with van der Waals surface area (Å²) in [5.74, 6) is 0.649. The number of benzene rings is 1. The summed E-state index contributed by atoms with van der Waals surface area (Å²) in [6.45, 7) is 16.4. The van der Waals surface area contributed by atoms with Crippen molar-refractivity contribution in [2.75, 3.05) is 0 Å². The molecule has 1 atom stereocenters. The van der Waals surface area contributed by atoms with Gasteiger partial charge in [0.05, 0.1) is 8.07 Å². The fraction of sp³-hybridized carbons (Fsp3) is 0.500. The van der Waals surface area contributed by atoms with Crippen molar-refractivity contribution in [2.24, 2.45) is 5.92 Å². The third kappa shape index (κ3) is 3.77. The number of hydrogen-bond acceptors (Lipinski definition) is 0. The molecule has 0 nitrogen and oxygen atoms in total. The highest BCUT2D eigenvalue weighted by atomic mass is 28.3. The molecule has 1 heteroatoms. The number of hydrogen-bond donors (Lipinski definition) is 0. The van der Waals surface area contributed by atoms with Crippen LogP contribution >= 0.6 is 0 Å².